The molecule has 1 amide bonds. The summed E-state index contributed by atoms with van der Waals surface area (Å²) in [6.07, 6.45) is 1.49. The molecule has 3 aromatic rings. The number of amides is 1. The van der Waals surface area contributed by atoms with Crippen LogP contribution >= 0.6 is 11.3 Å². The fraction of sp³-hybridized carbons (Fsp3) is 0.286. The van der Waals surface area contributed by atoms with Crippen LogP contribution in [0.1, 0.15) is 18.4 Å². The Morgan fingerprint density at radius 3 is 2.61 bits per heavy atom. The van der Waals surface area contributed by atoms with Crippen molar-refractivity contribution in [3.8, 4) is 10.6 Å². The highest BCUT2D eigenvalue weighted by molar-refractivity contribution is 7.13. The third-order valence-corrected chi connectivity index (χ3v) is 5.92. The minimum Gasteiger partial charge on any atom is -0.355 e. The molecule has 1 aliphatic heterocycles. The van der Waals surface area contributed by atoms with Gasteiger partial charge in [0.15, 0.2) is 5.82 Å². The van der Waals surface area contributed by atoms with E-state index in [2.05, 4.69) is 20.4 Å². The highest BCUT2D eigenvalue weighted by Crippen LogP contribution is 2.25. The van der Waals surface area contributed by atoms with Gasteiger partial charge >= 0.3 is 0 Å². The second kappa shape index (κ2) is 8.48. The van der Waals surface area contributed by atoms with Crippen molar-refractivity contribution in [1.82, 2.24) is 15.5 Å². The van der Waals surface area contributed by atoms with Gasteiger partial charge in [-0.25, -0.2) is 4.39 Å². The molecule has 0 bridgehead atoms. The summed E-state index contributed by atoms with van der Waals surface area (Å²) in [5, 5.41) is 13.6. The number of carbonyl (C=O) groups is 1. The SMILES string of the molecule is O=C(NCc1ccccc1F)C1CCN(c2ccc(-c3cccs3)nn2)CC1. The number of benzene rings is 1. The van der Waals surface area contributed by atoms with E-state index in [0.717, 1.165) is 42.3 Å². The first-order valence-corrected chi connectivity index (χ1v) is 10.2. The van der Waals surface area contributed by atoms with Crippen LogP contribution < -0.4 is 10.2 Å². The lowest BCUT2D eigenvalue weighted by molar-refractivity contribution is -0.125. The quantitative estimate of drug-likeness (QED) is 0.711. The van der Waals surface area contributed by atoms with E-state index in [9.17, 15) is 9.18 Å². The molecule has 1 fully saturated rings. The van der Waals surface area contributed by atoms with Crippen molar-refractivity contribution in [2.24, 2.45) is 5.92 Å². The average Bonchev–Trinajstić information content (AvgIpc) is 3.28. The smallest absolute Gasteiger partial charge is 0.223 e. The normalized spacial score (nSPS) is 14.8. The highest BCUT2D eigenvalue weighted by atomic mass is 32.1. The third-order valence-electron chi connectivity index (χ3n) is 5.02. The zero-order chi connectivity index (χ0) is 19.3. The van der Waals surface area contributed by atoms with Gasteiger partial charge in [0.05, 0.1) is 4.88 Å². The lowest BCUT2D eigenvalue weighted by Crippen LogP contribution is -2.40. The third kappa shape index (κ3) is 4.20. The van der Waals surface area contributed by atoms with Crippen molar-refractivity contribution >= 4 is 23.1 Å². The first-order chi connectivity index (χ1) is 13.7. The largest absolute Gasteiger partial charge is 0.355 e. The number of aromatic nitrogens is 2. The highest BCUT2D eigenvalue weighted by Gasteiger charge is 2.25. The number of carbonyl (C=O) groups excluding carboxylic acids is 1. The van der Waals surface area contributed by atoms with E-state index in [1.165, 1.54) is 6.07 Å². The van der Waals surface area contributed by atoms with E-state index < -0.39 is 0 Å². The fourth-order valence-electron chi connectivity index (χ4n) is 3.39. The summed E-state index contributed by atoms with van der Waals surface area (Å²) in [7, 11) is 0. The standard InChI is InChI=1S/C21H21FN4OS/c22-17-5-2-1-4-16(17)14-23-21(27)15-9-11-26(12-10-15)20-8-7-18(24-25-20)19-6-3-13-28-19/h1-8,13,15H,9-12,14H2,(H,23,27). The first kappa shape index (κ1) is 18.6. The van der Waals surface area contributed by atoms with Crippen LogP contribution in [0.25, 0.3) is 10.6 Å². The van der Waals surface area contributed by atoms with Gasteiger partial charge in [-0.15, -0.1) is 21.5 Å². The number of nitrogens with one attached hydrogen (secondary N) is 1. The predicted molar refractivity (Wildman–Crippen MR) is 109 cm³/mol. The molecule has 7 heteroatoms. The van der Waals surface area contributed by atoms with Crippen LogP contribution in [0.5, 0.6) is 0 Å². The number of piperidine rings is 1. The molecule has 4 rings (SSSR count). The molecule has 1 saturated heterocycles. The second-order valence-corrected chi connectivity index (χ2v) is 7.77. The van der Waals surface area contributed by atoms with E-state index in [-0.39, 0.29) is 24.2 Å². The molecule has 0 spiro atoms. The first-order valence-electron chi connectivity index (χ1n) is 9.34. The Hall–Kier alpha value is -2.80. The Morgan fingerprint density at radius 2 is 1.93 bits per heavy atom. The van der Waals surface area contributed by atoms with Gasteiger partial charge in [-0.2, -0.15) is 0 Å². The molecular weight excluding hydrogens is 375 g/mol. The van der Waals surface area contributed by atoms with E-state index in [0.29, 0.717) is 5.56 Å². The molecule has 1 N–H and O–H groups in total. The van der Waals surface area contributed by atoms with Gasteiger partial charge in [0.1, 0.15) is 11.5 Å². The van der Waals surface area contributed by atoms with Crippen molar-refractivity contribution in [1.29, 1.82) is 0 Å². The Labute approximate surface area is 167 Å². The molecule has 0 saturated carbocycles. The number of anilines is 1. The number of rotatable bonds is 5. The van der Waals surface area contributed by atoms with Crippen molar-refractivity contribution in [2.75, 3.05) is 18.0 Å². The number of thiophene rings is 1. The van der Waals surface area contributed by atoms with Gasteiger partial charge in [-0.1, -0.05) is 24.3 Å². The van der Waals surface area contributed by atoms with Gasteiger partial charge in [0.25, 0.3) is 0 Å². The summed E-state index contributed by atoms with van der Waals surface area (Å²) in [6.45, 7) is 1.73. The minimum atomic E-state index is -0.290. The van der Waals surface area contributed by atoms with Gasteiger partial charge in [-0.05, 0) is 42.5 Å². The van der Waals surface area contributed by atoms with E-state index in [4.69, 9.17) is 0 Å². The van der Waals surface area contributed by atoms with Crippen molar-refractivity contribution < 1.29 is 9.18 Å². The maximum atomic E-state index is 13.7. The maximum absolute atomic E-state index is 13.7. The molecule has 5 nitrogen and oxygen atoms in total. The Morgan fingerprint density at radius 1 is 1.11 bits per heavy atom. The molecule has 1 aliphatic rings. The van der Waals surface area contributed by atoms with Crippen LogP contribution in [0.4, 0.5) is 10.2 Å². The van der Waals surface area contributed by atoms with Crippen molar-refractivity contribution in [3.63, 3.8) is 0 Å². The van der Waals surface area contributed by atoms with Crippen LogP contribution in [-0.2, 0) is 11.3 Å². The van der Waals surface area contributed by atoms with Gasteiger partial charge in [0.2, 0.25) is 5.91 Å². The summed E-state index contributed by atoms with van der Waals surface area (Å²) >= 11 is 1.64. The van der Waals surface area contributed by atoms with E-state index in [1.54, 1.807) is 29.5 Å². The molecular formula is C21H21FN4OS. The zero-order valence-corrected chi connectivity index (χ0v) is 16.2. The van der Waals surface area contributed by atoms with Crippen LogP contribution in [0.2, 0.25) is 0 Å². The van der Waals surface area contributed by atoms with Crippen molar-refractivity contribution in [3.05, 3.63) is 65.3 Å². The Balaban J connectivity index is 1.29. The van der Waals surface area contributed by atoms with Crippen molar-refractivity contribution in [2.45, 2.75) is 19.4 Å². The molecule has 2 aromatic heterocycles. The summed E-state index contributed by atoms with van der Waals surface area (Å²) in [4.78, 5) is 15.7. The number of nitrogens with zero attached hydrogens (tertiary/aromatic N) is 3. The maximum Gasteiger partial charge on any atom is 0.223 e. The van der Waals surface area contributed by atoms with Gasteiger partial charge in [-0.3, -0.25) is 4.79 Å². The van der Waals surface area contributed by atoms with Crippen LogP contribution in [0.15, 0.2) is 53.9 Å². The molecule has 3 heterocycles. The molecule has 0 unspecified atom stereocenters. The van der Waals surface area contributed by atoms with Crippen LogP contribution in [0, 0.1) is 11.7 Å². The molecule has 0 atom stereocenters. The number of hydrogen-bond acceptors (Lipinski definition) is 5. The predicted octanol–water partition coefficient (Wildman–Crippen LogP) is 3.88. The Kier molecular flexibility index (Phi) is 5.62. The summed E-state index contributed by atoms with van der Waals surface area (Å²) in [5.74, 6) is 0.483. The van der Waals surface area contributed by atoms with Gasteiger partial charge in [0, 0.05) is 31.1 Å². The molecule has 0 aliphatic carbocycles. The average molecular weight is 396 g/mol. The minimum absolute atomic E-state index is 0.0120. The number of hydrogen-bond donors (Lipinski definition) is 1. The number of halogens is 1. The molecule has 144 valence electrons. The van der Waals surface area contributed by atoms with E-state index >= 15 is 0 Å². The monoisotopic (exact) mass is 396 g/mol. The lowest BCUT2D eigenvalue weighted by Gasteiger charge is -2.31. The van der Waals surface area contributed by atoms with E-state index in [1.807, 2.05) is 29.6 Å². The second-order valence-electron chi connectivity index (χ2n) is 6.82. The zero-order valence-electron chi connectivity index (χ0n) is 15.3. The summed E-state index contributed by atoms with van der Waals surface area (Å²) < 4.78 is 13.7. The molecule has 28 heavy (non-hydrogen) atoms. The fourth-order valence-corrected chi connectivity index (χ4v) is 4.08. The molecule has 1 aromatic carbocycles. The summed E-state index contributed by atoms with van der Waals surface area (Å²) in [5.41, 5.74) is 1.38. The summed E-state index contributed by atoms with van der Waals surface area (Å²) in [6, 6.07) is 14.5. The van der Waals surface area contributed by atoms with Gasteiger partial charge < -0.3 is 10.2 Å². The molecule has 0 radical (unpaired) electrons. The Bertz CT molecular complexity index is 922. The van der Waals surface area contributed by atoms with Crippen LogP contribution in [-0.4, -0.2) is 29.2 Å². The van der Waals surface area contributed by atoms with Crippen LogP contribution in [0.3, 0.4) is 0 Å². The topological polar surface area (TPSA) is 58.1 Å². The lowest BCUT2D eigenvalue weighted by atomic mass is 9.96.